The zero-order chi connectivity index (χ0) is 18.4. The lowest BCUT2D eigenvalue weighted by Crippen LogP contribution is -2.19. The Balaban J connectivity index is 1.56. The number of thiocarbonyl (C=S) groups is 1. The first-order valence-electron chi connectivity index (χ1n) is 7.84. The van der Waals surface area contributed by atoms with Crippen LogP contribution < -0.4 is 15.4 Å². The number of carbonyl (C=O) groups is 1. The molecule has 0 fully saturated rings. The lowest BCUT2D eigenvalue weighted by Gasteiger charge is -2.11. The quantitative estimate of drug-likeness (QED) is 0.554. The van der Waals surface area contributed by atoms with Crippen molar-refractivity contribution in [2.75, 3.05) is 10.6 Å². The Morgan fingerprint density at radius 3 is 1.81 bits per heavy atom. The molecule has 0 aliphatic carbocycles. The first-order valence-corrected chi connectivity index (χ1v) is 8.25. The SMILES string of the molecule is O=C(O)c1ccc(NC(=S)Nc2ccc(Oc3ccccc3)cc2)cc1. The normalized spacial score (nSPS) is 10.0. The smallest absolute Gasteiger partial charge is 0.335 e. The van der Waals surface area contributed by atoms with Crippen LogP contribution in [0.15, 0.2) is 78.9 Å². The van der Waals surface area contributed by atoms with E-state index in [0.29, 0.717) is 10.8 Å². The second-order valence-electron chi connectivity index (χ2n) is 5.40. The highest BCUT2D eigenvalue weighted by atomic mass is 32.1. The Morgan fingerprint density at radius 2 is 1.27 bits per heavy atom. The van der Waals surface area contributed by atoms with Crippen molar-refractivity contribution in [3.8, 4) is 11.5 Å². The molecule has 0 saturated carbocycles. The summed E-state index contributed by atoms with van der Waals surface area (Å²) in [6, 6.07) is 23.3. The molecule has 3 aromatic rings. The van der Waals surface area contributed by atoms with Gasteiger partial charge in [0.15, 0.2) is 5.11 Å². The maximum absolute atomic E-state index is 10.8. The molecule has 0 unspecified atom stereocenters. The topological polar surface area (TPSA) is 70.6 Å². The van der Waals surface area contributed by atoms with E-state index in [2.05, 4.69) is 10.6 Å². The third-order valence-corrected chi connectivity index (χ3v) is 3.68. The number of nitrogens with one attached hydrogen (secondary N) is 2. The minimum absolute atomic E-state index is 0.225. The number of ether oxygens (including phenoxy) is 1. The van der Waals surface area contributed by atoms with Crippen LogP contribution in [0.5, 0.6) is 11.5 Å². The van der Waals surface area contributed by atoms with Gasteiger partial charge in [0, 0.05) is 11.4 Å². The average molecular weight is 364 g/mol. The molecule has 0 aromatic heterocycles. The van der Waals surface area contributed by atoms with Gasteiger partial charge in [0.05, 0.1) is 5.56 Å². The Labute approximate surface area is 156 Å². The van der Waals surface area contributed by atoms with Crippen molar-refractivity contribution in [1.82, 2.24) is 0 Å². The molecule has 5 nitrogen and oxygen atoms in total. The van der Waals surface area contributed by atoms with Crippen LogP contribution in [-0.2, 0) is 0 Å². The van der Waals surface area contributed by atoms with Crippen LogP contribution in [0.2, 0.25) is 0 Å². The van der Waals surface area contributed by atoms with Crippen LogP contribution in [0.25, 0.3) is 0 Å². The largest absolute Gasteiger partial charge is 0.478 e. The van der Waals surface area contributed by atoms with E-state index in [1.807, 2.05) is 54.6 Å². The summed E-state index contributed by atoms with van der Waals surface area (Å²) in [4.78, 5) is 10.8. The van der Waals surface area contributed by atoms with Crippen molar-refractivity contribution in [2.45, 2.75) is 0 Å². The van der Waals surface area contributed by atoms with Gasteiger partial charge in [-0.05, 0) is 72.9 Å². The summed E-state index contributed by atoms with van der Waals surface area (Å²) in [6.07, 6.45) is 0. The van der Waals surface area contributed by atoms with Crippen molar-refractivity contribution in [3.05, 3.63) is 84.4 Å². The van der Waals surface area contributed by atoms with E-state index < -0.39 is 5.97 Å². The van der Waals surface area contributed by atoms with E-state index in [1.165, 1.54) is 12.1 Å². The van der Waals surface area contributed by atoms with Crippen molar-refractivity contribution in [3.63, 3.8) is 0 Å². The summed E-state index contributed by atoms with van der Waals surface area (Å²) in [5.41, 5.74) is 1.74. The molecule has 6 heteroatoms. The Hall–Kier alpha value is -3.38. The molecule has 0 spiro atoms. The van der Waals surface area contributed by atoms with Crippen molar-refractivity contribution < 1.29 is 14.6 Å². The van der Waals surface area contributed by atoms with Gasteiger partial charge in [-0.1, -0.05) is 18.2 Å². The summed E-state index contributed by atoms with van der Waals surface area (Å²) in [5.74, 6) is 0.537. The first kappa shape index (κ1) is 17.4. The highest BCUT2D eigenvalue weighted by molar-refractivity contribution is 7.80. The molecule has 0 atom stereocenters. The van der Waals surface area contributed by atoms with Crippen LogP contribution in [-0.4, -0.2) is 16.2 Å². The van der Waals surface area contributed by atoms with E-state index in [-0.39, 0.29) is 5.56 Å². The number of rotatable bonds is 5. The highest BCUT2D eigenvalue weighted by Gasteiger charge is 2.04. The highest BCUT2D eigenvalue weighted by Crippen LogP contribution is 2.22. The summed E-state index contributed by atoms with van der Waals surface area (Å²) in [7, 11) is 0. The summed E-state index contributed by atoms with van der Waals surface area (Å²) in [6.45, 7) is 0. The number of hydrogen-bond donors (Lipinski definition) is 3. The molecule has 0 amide bonds. The number of benzene rings is 3. The molecule has 0 aliphatic rings. The van der Waals surface area contributed by atoms with Gasteiger partial charge < -0.3 is 20.5 Å². The molecule has 3 aromatic carbocycles. The van der Waals surface area contributed by atoms with E-state index >= 15 is 0 Å². The van der Waals surface area contributed by atoms with Crippen LogP contribution in [0, 0.1) is 0 Å². The second-order valence-corrected chi connectivity index (χ2v) is 5.81. The van der Waals surface area contributed by atoms with Crippen LogP contribution in [0.1, 0.15) is 10.4 Å². The lowest BCUT2D eigenvalue weighted by atomic mass is 10.2. The monoisotopic (exact) mass is 364 g/mol. The molecule has 0 aliphatic heterocycles. The van der Waals surface area contributed by atoms with Gasteiger partial charge in [0.2, 0.25) is 0 Å². The molecular formula is C20H16N2O3S. The van der Waals surface area contributed by atoms with Gasteiger partial charge in [-0.15, -0.1) is 0 Å². The predicted molar refractivity (Wildman–Crippen MR) is 106 cm³/mol. The van der Waals surface area contributed by atoms with E-state index in [0.717, 1.165) is 17.2 Å². The van der Waals surface area contributed by atoms with Crippen molar-refractivity contribution in [1.29, 1.82) is 0 Å². The Bertz CT molecular complexity index is 895. The minimum atomic E-state index is -0.963. The number of para-hydroxylation sites is 1. The average Bonchev–Trinajstić information content (AvgIpc) is 2.64. The molecule has 0 bridgehead atoms. The lowest BCUT2D eigenvalue weighted by molar-refractivity contribution is 0.0697. The molecule has 0 saturated heterocycles. The number of anilines is 2. The third-order valence-electron chi connectivity index (χ3n) is 3.48. The maximum atomic E-state index is 10.8. The summed E-state index contributed by atoms with van der Waals surface area (Å²) in [5, 5.41) is 15.4. The van der Waals surface area contributed by atoms with Crippen LogP contribution in [0.3, 0.4) is 0 Å². The first-order chi connectivity index (χ1) is 12.6. The zero-order valence-corrected chi connectivity index (χ0v) is 14.5. The molecule has 3 N–H and O–H groups in total. The number of carboxylic acids is 1. The van der Waals surface area contributed by atoms with Gasteiger partial charge in [-0.25, -0.2) is 4.79 Å². The molecule has 0 radical (unpaired) electrons. The number of carboxylic acid groups (broad SMARTS) is 1. The number of hydrogen-bond acceptors (Lipinski definition) is 3. The van der Waals surface area contributed by atoms with Crippen molar-refractivity contribution >= 4 is 34.7 Å². The number of aromatic carboxylic acids is 1. The van der Waals surface area contributed by atoms with Gasteiger partial charge >= 0.3 is 5.97 Å². The third kappa shape index (κ3) is 4.81. The van der Waals surface area contributed by atoms with Crippen LogP contribution >= 0.6 is 12.2 Å². The van der Waals surface area contributed by atoms with Crippen molar-refractivity contribution in [2.24, 2.45) is 0 Å². The molecular weight excluding hydrogens is 348 g/mol. The zero-order valence-electron chi connectivity index (χ0n) is 13.7. The van der Waals surface area contributed by atoms with Gasteiger partial charge in [-0.2, -0.15) is 0 Å². The molecule has 0 heterocycles. The fourth-order valence-electron chi connectivity index (χ4n) is 2.22. The summed E-state index contributed by atoms with van der Waals surface area (Å²) < 4.78 is 5.74. The second kappa shape index (κ2) is 8.13. The minimum Gasteiger partial charge on any atom is -0.478 e. The molecule has 26 heavy (non-hydrogen) atoms. The van der Waals surface area contributed by atoms with E-state index in [9.17, 15) is 4.79 Å². The Kier molecular flexibility index (Phi) is 5.46. The van der Waals surface area contributed by atoms with E-state index in [4.69, 9.17) is 22.1 Å². The van der Waals surface area contributed by atoms with E-state index in [1.54, 1.807) is 12.1 Å². The fraction of sp³-hybridized carbons (Fsp3) is 0. The summed E-state index contributed by atoms with van der Waals surface area (Å²) >= 11 is 5.27. The standard InChI is InChI=1S/C20H16N2O3S/c23-19(24)14-6-8-15(9-7-14)21-20(26)22-16-10-12-18(13-11-16)25-17-4-2-1-3-5-17/h1-13H,(H,23,24)(H2,21,22,26). The van der Waals surface area contributed by atoms with Gasteiger partial charge in [0.25, 0.3) is 0 Å². The van der Waals surface area contributed by atoms with Gasteiger partial charge in [-0.3, -0.25) is 0 Å². The molecule has 3 rings (SSSR count). The predicted octanol–water partition coefficient (Wildman–Crippen LogP) is 4.99. The maximum Gasteiger partial charge on any atom is 0.335 e. The fourth-order valence-corrected chi connectivity index (χ4v) is 2.46. The Morgan fingerprint density at radius 1 is 0.769 bits per heavy atom. The molecule has 130 valence electrons. The van der Waals surface area contributed by atoms with Crippen LogP contribution in [0.4, 0.5) is 11.4 Å². The van der Waals surface area contributed by atoms with Gasteiger partial charge in [0.1, 0.15) is 11.5 Å².